The van der Waals surface area contributed by atoms with E-state index < -0.39 is 0 Å². The van der Waals surface area contributed by atoms with Gasteiger partial charge in [0.15, 0.2) is 5.15 Å². The molecule has 0 spiro atoms. The first kappa shape index (κ1) is 12.3. The van der Waals surface area contributed by atoms with E-state index in [1.165, 1.54) is 0 Å². The summed E-state index contributed by atoms with van der Waals surface area (Å²) in [5.74, 6) is 0.438. The Morgan fingerprint density at radius 2 is 2.53 bits per heavy atom. The molecule has 2 rings (SSSR count). The van der Waals surface area contributed by atoms with Gasteiger partial charge in [-0.25, -0.2) is 4.98 Å². The van der Waals surface area contributed by atoms with E-state index in [4.69, 9.17) is 11.6 Å². The molecule has 0 bridgehead atoms. The van der Waals surface area contributed by atoms with Gasteiger partial charge >= 0.3 is 0 Å². The molecule has 1 unspecified atom stereocenters. The zero-order valence-corrected chi connectivity index (χ0v) is 10.3. The maximum absolute atomic E-state index is 11.8. The predicted molar refractivity (Wildman–Crippen MR) is 68.1 cm³/mol. The predicted octanol–water partition coefficient (Wildman–Crippen LogP) is 2.06. The SMILES string of the molecule is O=C(CC1CCCNC1)Nc1cccnc1Cl. The first-order valence-electron chi connectivity index (χ1n) is 5.87. The molecule has 1 amide bonds. The summed E-state index contributed by atoms with van der Waals surface area (Å²) >= 11 is 5.87. The van der Waals surface area contributed by atoms with Crippen LogP contribution in [0.15, 0.2) is 18.3 Å². The minimum Gasteiger partial charge on any atom is -0.323 e. The van der Waals surface area contributed by atoms with Gasteiger partial charge in [-0.05, 0) is 44.0 Å². The number of carbonyl (C=O) groups is 1. The molecule has 2 heterocycles. The zero-order chi connectivity index (χ0) is 12.1. The van der Waals surface area contributed by atoms with Gasteiger partial charge in [0, 0.05) is 12.6 Å². The lowest BCUT2D eigenvalue weighted by Crippen LogP contribution is -2.32. The van der Waals surface area contributed by atoms with Gasteiger partial charge in [-0.15, -0.1) is 0 Å². The third-order valence-electron chi connectivity index (χ3n) is 2.91. The van der Waals surface area contributed by atoms with Gasteiger partial charge in [0.25, 0.3) is 0 Å². The first-order chi connectivity index (χ1) is 8.25. The maximum Gasteiger partial charge on any atom is 0.224 e. The van der Waals surface area contributed by atoms with Crippen LogP contribution >= 0.6 is 11.6 Å². The number of carbonyl (C=O) groups excluding carboxylic acids is 1. The highest BCUT2D eigenvalue weighted by atomic mass is 35.5. The Labute approximate surface area is 106 Å². The first-order valence-corrected chi connectivity index (χ1v) is 6.24. The Kier molecular flexibility index (Phi) is 4.34. The molecule has 17 heavy (non-hydrogen) atoms. The molecule has 1 aromatic rings. The Balaban J connectivity index is 1.86. The van der Waals surface area contributed by atoms with Crippen LogP contribution in [0.3, 0.4) is 0 Å². The molecule has 0 aromatic carbocycles. The summed E-state index contributed by atoms with van der Waals surface area (Å²) in [5.41, 5.74) is 0.586. The van der Waals surface area contributed by atoms with Gasteiger partial charge < -0.3 is 10.6 Å². The summed E-state index contributed by atoms with van der Waals surface area (Å²) in [5, 5.41) is 6.43. The maximum atomic E-state index is 11.8. The standard InChI is InChI=1S/C12H16ClN3O/c13-12-10(4-2-6-15-12)16-11(17)7-9-3-1-5-14-8-9/h2,4,6,9,14H,1,3,5,7-8H2,(H,16,17). The highest BCUT2D eigenvalue weighted by Gasteiger charge is 2.17. The van der Waals surface area contributed by atoms with Crippen LogP contribution in [0.5, 0.6) is 0 Å². The second-order valence-electron chi connectivity index (χ2n) is 4.31. The van der Waals surface area contributed by atoms with E-state index in [1.54, 1.807) is 18.3 Å². The molecule has 1 atom stereocenters. The van der Waals surface area contributed by atoms with E-state index in [0.29, 0.717) is 23.2 Å². The van der Waals surface area contributed by atoms with Crippen LogP contribution < -0.4 is 10.6 Å². The van der Waals surface area contributed by atoms with E-state index >= 15 is 0 Å². The monoisotopic (exact) mass is 253 g/mol. The molecule has 1 aliphatic rings. The number of nitrogens with zero attached hydrogens (tertiary/aromatic N) is 1. The van der Waals surface area contributed by atoms with Crippen LogP contribution in [0.25, 0.3) is 0 Å². The Morgan fingerprint density at radius 1 is 1.65 bits per heavy atom. The van der Waals surface area contributed by atoms with E-state index in [-0.39, 0.29) is 5.91 Å². The van der Waals surface area contributed by atoms with Gasteiger partial charge in [0.1, 0.15) is 0 Å². The van der Waals surface area contributed by atoms with Crippen LogP contribution in [0.4, 0.5) is 5.69 Å². The average Bonchev–Trinajstić information content (AvgIpc) is 2.33. The van der Waals surface area contributed by atoms with Crippen molar-refractivity contribution < 1.29 is 4.79 Å². The molecular weight excluding hydrogens is 238 g/mol. The molecule has 0 aliphatic carbocycles. The summed E-state index contributed by atoms with van der Waals surface area (Å²) in [7, 11) is 0. The van der Waals surface area contributed by atoms with Crippen LogP contribution in [0, 0.1) is 5.92 Å². The van der Waals surface area contributed by atoms with Crippen LogP contribution in [0.2, 0.25) is 5.15 Å². The highest BCUT2D eigenvalue weighted by Crippen LogP contribution is 2.19. The summed E-state index contributed by atoms with van der Waals surface area (Å²) in [6.45, 7) is 1.99. The summed E-state index contributed by atoms with van der Waals surface area (Å²) < 4.78 is 0. The second kappa shape index (κ2) is 5.98. The van der Waals surface area contributed by atoms with Gasteiger partial charge in [0.05, 0.1) is 5.69 Å². The van der Waals surface area contributed by atoms with Gasteiger partial charge in [-0.3, -0.25) is 4.79 Å². The highest BCUT2D eigenvalue weighted by molar-refractivity contribution is 6.32. The molecular formula is C12H16ClN3O. The number of anilines is 1. The van der Waals surface area contributed by atoms with Gasteiger partial charge in [-0.1, -0.05) is 11.6 Å². The number of amides is 1. The number of piperidine rings is 1. The minimum atomic E-state index is 0.00796. The van der Waals surface area contributed by atoms with Crippen molar-refractivity contribution in [3.63, 3.8) is 0 Å². The minimum absolute atomic E-state index is 0.00796. The number of nitrogens with one attached hydrogen (secondary N) is 2. The molecule has 0 radical (unpaired) electrons. The van der Waals surface area contributed by atoms with Crippen LogP contribution in [-0.4, -0.2) is 24.0 Å². The number of hydrogen-bond donors (Lipinski definition) is 2. The fourth-order valence-corrected chi connectivity index (χ4v) is 2.21. The lowest BCUT2D eigenvalue weighted by molar-refractivity contribution is -0.117. The van der Waals surface area contributed by atoms with Crippen molar-refractivity contribution in [2.24, 2.45) is 5.92 Å². The summed E-state index contributed by atoms with van der Waals surface area (Å²) in [4.78, 5) is 15.7. The molecule has 2 N–H and O–H groups in total. The molecule has 1 fully saturated rings. The van der Waals surface area contributed by atoms with E-state index in [1.807, 2.05) is 0 Å². The molecule has 4 nitrogen and oxygen atoms in total. The molecule has 1 aromatic heterocycles. The number of rotatable bonds is 3. The Morgan fingerprint density at radius 3 is 3.24 bits per heavy atom. The van der Waals surface area contributed by atoms with Crippen molar-refractivity contribution in [1.29, 1.82) is 0 Å². The fraction of sp³-hybridized carbons (Fsp3) is 0.500. The lowest BCUT2D eigenvalue weighted by Gasteiger charge is -2.22. The van der Waals surface area contributed by atoms with E-state index in [2.05, 4.69) is 15.6 Å². The lowest BCUT2D eigenvalue weighted by atomic mass is 9.96. The molecule has 0 saturated carbocycles. The van der Waals surface area contributed by atoms with Crippen molar-refractivity contribution in [2.75, 3.05) is 18.4 Å². The Hall–Kier alpha value is -1.13. The largest absolute Gasteiger partial charge is 0.323 e. The average molecular weight is 254 g/mol. The fourth-order valence-electron chi connectivity index (χ4n) is 2.04. The van der Waals surface area contributed by atoms with Crippen LogP contribution in [-0.2, 0) is 4.79 Å². The van der Waals surface area contributed by atoms with Gasteiger partial charge in [0.2, 0.25) is 5.91 Å². The Bertz CT molecular complexity index is 391. The number of hydrogen-bond acceptors (Lipinski definition) is 3. The van der Waals surface area contributed by atoms with Gasteiger partial charge in [-0.2, -0.15) is 0 Å². The molecule has 1 saturated heterocycles. The van der Waals surface area contributed by atoms with Crippen molar-refractivity contribution in [2.45, 2.75) is 19.3 Å². The normalized spacial score (nSPS) is 19.9. The molecule has 1 aliphatic heterocycles. The zero-order valence-electron chi connectivity index (χ0n) is 9.58. The second-order valence-corrected chi connectivity index (χ2v) is 4.66. The van der Waals surface area contributed by atoms with Crippen molar-refractivity contribution in [3.05, 3.63) is 23.5 Å². The topological polar surface area (TPSA) is 54.0 Å². The number of pyridine rings is 1. The van der Waals surface area contributed by atoms with Crippen LogP contribution in [0.1, 0.15) is 19.3 Å². The van der Waals surface area contributed by atoms with E-state index in [0.717, 1.165) is 25.9 Å². The van der Waals surface area contributed by atoms with Crippen molar-refractivity contribution in [1.82, 2.24) is 10.3 Å². The molecule has 92 valence electrons. The van der Waals surface area contributed by atoms with Crippen molar-refractivity contribution >= 4 is 23.2 Å². The smallest absolute Gasteiger partial charge is 0.224 e. The summed E-state index contributed by atoms with van der Waals surface area (Å²) in [6.07, 6.45) is 4.40. The van der Waals surface area contributed by atoms with Crippen molar-refractivity contribution in [3.8, 4) is 0 Å². The summed E-state index contributed by atoms with van der Waals surface area (Å²) in [6, 6.07) is 3.51. The number of halogens is 1. The van der Waals surface area contributed by atoms with E-state index in [9.17, 15) is 4.79 Å². The number of aromatic nitrogens is 1. The third-order valence-corrected chi connectivity index (χ3v) is 3.21. The molecule has 5 heteroatoms. The third kappa shape index (κ3) is 3.68. The quantitative estimate of drug-likeness (QED) is 0.811.